The summed E-state index contributed by atoms with van der Waals surface area (Å²) in [6, 6.07) is 12.8. The number of aromatic amines is 1. The number of H-pyrrole nitrogens is 1. The van der Waals surface area contributed by atoms with Crippen molar-refractivity contribution in [1.29, 1.82) is 0 Å². The largest absolute Gasteiger partial charge is 0.392 e. The standard InChI is InChI=1S/C23H24N4O/c1-14-5-4-6-15-11-16(13-28)22(27-21(14)15)19-12-20(25-17-7-2-3-8-17)26-23-18(19)9-10-24-23/h4-6,9-12,17,28H,2-3,7-8,13H2,1H3,(H2,24,25,26). The first-order valence-electron chi connectivity index (χ1n) is 9.98. The molecule has 3 heterocycles. The van der Waals surface area contributed by atoms with Gasteiger partial charge in [0, 0.05) is 34.1 Å². The highest BCUT2D eigenvalue weighted by atomic mass is 16.3. The number of para-hydroxylation sites is 1. The molecule has 0 saturated heterocycles. The number of aliphatic hydroxyl groups is 1. The van der Waals surface area contributed by atoms with Crippen molar-refractivity contribution < 1.29 is 5.11 Å². The predicted octanol–water partition coefficient (Wildman–Crippen LogP) is 4.93. The molecule has 142 valence electrons. The van der Waals surface area contributed by atoms with Gasteiger partial charge >= 0.3 is 0 Å². The van der Waals surface area contributed by atoms with Gasteiger partial charge in [-0.2, -0.15) is 0 Å². The Kier molecular flexibility index (Phi) is 4.24. The van der Waals surface area contributed by atoms with Gasteiger partial charge in [-0.15, -0.1) is 0 Å². The SMILES string of the molecule is Cc1cccc2cc(CO)c(-c3cc(NC4CCCC4)nc4[nH]ccc34)nc12. The minimum Gasteiger partial charge on any atom is -0.392 e. The van der Waals surface area contributed by atoms with Crippen molar-refractivity contribution >= 4 is 27.8 Å². The molecule has 1 saturated carbocycles. The van der Waals surface area contributed by atoms with Gasteiger partial charge in [-0.3, -0.25) is 0 Å². The lowest BCUT2D eigenvalue weighted by Crippen LogP contribution is -2.15. The molecule has 3 N–H and O–H groups in total. The predicted molar refractivity (Wildman–Crippen MR) is 113 cm³/mol. The van der Waals surface area contributed by atoms with Gasteiger partial charge in [0.2, 0.25) is 0 Å². The van der Waals surface area contributed by atoms with E-state index in [1.54, 1.807) is 0 Å². The minimum atomic E-state index is -0.0498. The Morgan fingerprint density at radius 2 is 2.00 bits per heavy atom. The Balaban J connectivity index is 1.71. The van der Waals surface area contributed by atoms with Crippen LogP contribution >= 0.6 is 0 Å². The first kappa shape index (κ1) is 17.2. The fraction of sp³-hybridized carbons (Fsp3) is 0.304. The number of benzene rings is 1. The minimum absolute atomic E-state index is 0.0498. The van der Waals surface area contributed by atoms with Crippen LogP contribution in [0.15, 0.2) is 42.6 Å². The summed E-state index contributed by atoms with van der Waals surface area (Å²) in [5, 5.41) is 15.7. The van der Waals surface area contributed by atoms with Crippen LogP contribution in [-0.4, -0.2) is 26.1 Å². The number of hydrogen-bond donors (Lipinski definition) is 3. The van der Waals surface area contributed by atoms with Crippen LogP contribution in [0.5, 0.6) is 0 Å². The zero-order chi connectivity index (χ0) is 19.1. The number of nitrogens with zero attached hydrogens (tertiary/aromatic N) is 2. The topological polar surface area (TPSA) is 73.8 Å². The van der Waals surface area contributed by atoms with E-state index in [-0.39, 0.29) is 6.61 Å². The molecule has 0 unspecified atom stereocenters. The summed E-state index contributed by atoms with van der Waals surface area (Å²) in [5.74, 6) is 0.868. The quantitative estimate of drug-likeness (QED) is 0.475. The average Bonchev–Trinajstić information content (AvgIpc) is 3.38. The maximum atomic E-state index is 10.1. The van der Waals surface area contributed by atoms with E-state index < -0.39 is 0 Å². The van der Waals surface area contributed by atoms with Crippen LogP contribution in [0.1, 0.15) is 36.8 Å². The van der Waals surface area contributed by atoms with Gasteiger partial charge in [0.15, 0.2) is 0 Å². The third kappa shape index (κ3) is 2.92. The number of nitrogens with one attached hydrogen (secondary N) is 2. The molecule has 1 fully saturated rings. The number of fused-ring (bicyclic) bond motifs is 2. The number of aliphatic hydroxyl groups excluding tert-OH is 1. The summed E-state index contributed by atoms with van der Waals surface area (Å²) in [6.07, 6.45) is 6.83. The summed E-state index contributed by atoms with van der Waals surface area (Å²) >= 11 is 0. The lowest BCUT2D eigenvalue weighted by atomic mass is 10.0. The first-order chi connectivity index (χ1) is 13.7. The Bertz CT molecular complexity index is 1160. The van der Waals surface area contributed by atoms with Crippen molar-refractivity contribution in [2.75, 3.05) is 5.32 Å². The highest BCUT2D eigenvalue weighted by Gasteiger charge is 2.18. The van der Waals surface area contributed by atoms with Gasteiger partial charge in [0.1, 0.15) is 11.5 Å². The van der Waals surface area contributed by atoms with Gasteiger partial charge in [-0.25, -0.2) is 9.97 Å². The van der Waals surface area contributed by atoms with Crippen LogP contribution in [0, 0.1) is 6.92 Å². The average molecular weight is 372 g/mol. The third-order valence-corrected chi connectivity index (χ3v) is 5.79. The second-order valence-corrected chi connectivity index (χ2v) is 7.72. The highest BCUT2D eigenvalue weighted by molar-refractivity contribution is 5.96. The highest BCUT2D eigenvalue weighted by Crippen LogP contribution is 2.34. The first-order valence-corrected chi connectivity index (χ1v) is 9.98. The molecule has 1 aliphatic carbocycles. The molecule has 5 heteroatoms. The lowest BCUT2D eigenvalue weighted by molar-refractivity contribution is 0.282. The van der Waals surface area contributed by atoms with Crippen LogP contribution in [0.25, 0.3) is 33.2 Å². The Hall–Kier alpha value is -2.92. The summed E-state index contributed by atoms with van der Waals surface area (Å²) in [4.78, 5) is 13.0. The zero-order valence-corrected chi connectivity index (χ0v) is 16.0. The Morgan fingerprint density at radius 1 is 1.14 bits per heavy atom. The van der Waals surface area contributed by atoms with Crippen molar-refractivity contribution in [3.05, 3.63) is 53.7 Å². The van der Waals surface area contributed by atoms with Crippen molar-refractivity contribution in [3.8, 4) is 11.3 Å². The molecule has 3 aromatic heterocycles. The fourth-order valence-electron chi connectivity index (χ4n) is 4.33. The molecule has 0 aliphatic heterocycles. The third-order valence-electron chi connectivity index (χ3n) is 5.79. The van der Waals surface area contributed by atoms with E-state index in [9.17, 15) is 5.11 Å². The number of aryl methyl sites for hydroxylation is 1. The van der Waals surface area contributed by atoms with E-state index in [4.69, 9.17) is 9.97 Å². The number of pyridine rings is 2. The second kappa shape index (κ2) is 6.91. The van der Waals surface area contributed by atoms with Crippen molar-refractivity contribution in [3.63, 3.8) is 0 Å². The van der Waals surface area contributed by atoms with Crippen LogP contribution in [0.3, 0.4) is 0 Å². The molecule has 1 aromatic carbocycles. The summed E-state index contributed by atoms with van der Waals surface area (Å²) in [7, 11) is 0. The van der Waals surface area contributed by atoms with Gasteiger partial charge < -0.3 is 15.4 Å². The smallest absolute Gasteiger partial charge is 0.140 e. The molecular formula is C23H24N4O. The summed E-state index contributed by atoms with van der Waals surface area (Å²) in [6.45, 7) is 2.02. The molecule has 0 spiro atoms. The molecule has 28 heavy (non-hydrogen) atoms. The van der Waals surface area contributed by atoms with Gasteiger partial charge in [-0.05, 0) is 43.5 Å². The summed E-state index contributed by atoms with van der Waals surface area (Å²) < 4.78 is 0. The van der Waals surface area contributed by atoms with Crippen molar-refractivity contribution in [1.82, 2.24) is 15.0 Å². The normalized spacial score (nSPS) is 14.9. The molecule has 1 aliphatic rings. The van der Waals surface area contributed by atoms with Gasteiger partial charge in [-0.1, -0.05) is 31.0 Å². The number of aromatic nitrogens is 3. The number of hydrogen-bond acceptors (Lipinski definition) is 4. The molecule has 0 atom stereocenters. The molecule has 0 amide bonds. The number of anilines is 1. The van der Waals surface area contributed by atoms with E-state index in [1.165, 1.54) is 25.7 Å². The Morgan fingerprint density at radius 3 is 2.82 bits per heavy atom. The molecule has 0 radical (unpaired) electrons. The number of rotatable bonds is 4. The van der Waals surface area contributed by atoms with Crippen LogP contribution in [0.4, 0.5) is 5.82 Å². The van der Waals surface area contributed by atoms with E-state index >= 15 is 0 Å². The summed E-state index contributed by atoms with van der Waals surface area (Å²) in [5.41, 5.74) is 5.60. The molecule has 5 nitrogen and oxygen atoms in total. The van der Waals surface area contributed by atoms with E-state index in [0.29, 0.717) is 6.04 Å². The van der Waals surface area contributed by atoms with Crippen LogP contribution in [-0.2, 0) is 6.61 Å². The van der Waals surface area contributed by atoms with Crippen LogP contribution < -0.4 is 5.32 Å². The monoisotopic (exact) mass is 372 g/mol. The second-order valence-electron chi connectivity index (χ2n) is 7.72. The molecular weight excluding hydrogens is 348 g/mol. The van der Waals surface area contributed by atoms with Gasteiger partial charge in [0.05, 0.1) is 17.8 Å². The molecule has 4 aromatic rings. The zero-order valence-electron chi connectivity index (χ0n) is 16.0. The lowest BCUT2D eigenvalue weighted by Gasteiger charge is -2.16. The van der Waals surface area contributed by atoms with Crippen molar-refractivity contribution in [2.45, 2.75) is 45.3 Å². The van der Waals surface area contributed by atoms with Crippen LogP contribution in [0.2, 0.25) is 0 Å². The fourth-order valence-corrected chi connectivity index (χ4v) is 4.33. The maximum absolute atomic E-state index is 10.1. The van der Waals surface area contributed by atoms with E-state index in [2.05, 4.69) is 29.4 Å². The molecule has 0 bridgehead atoms. The molecule has 5 rings (SSSR count). The van der Waals surface area contributed by atoms with Crippen molar-refractivity contribution in [2.24, 2.45) is 0 Å². The Labute approximate surface area is 163 Å². The van der Waals surface area contributed by atoms with E-state index in [1.807, 2.05) is 30.5 Å². The van der Waals surface area contributed by atoms with Gasteiger partial charge in [0.25, 0.3) is 0 Å². The maximum Gasteiger partial charge on any atom is 0.140 e. The van der Waals surface area contributed by atoms with E-state index in [0.717, 1.165) is 50.1 Å².